The number of rotatable bonds is 8. The summed E-state index contributed by atoms with van der Waals surface area (Å²) in [7, 11) is 1.36. The predicted octanol–water partition coefficient (Wildman–Crippen LogP) is 2.72. The van der Waals surface area contributed by atoms with Crippen molar-refractivity contribution in [3.8, 4) is 5.75 Å². The van der Waals surface area contributed by atoms with Gasteiger partial charge >= 0.3 is 11.4 Å². The van der Waals surface area contributed by atoms with Crippen molar-refractivity contribution < 1.29 is 24.2 Å². The zero-order valence-electron chi connectivity index (χ0n) is 17.2. The van der Waals surface area contributed by atoms with Crippen LogP contribution in [-0.2, 0) is 22.7 Å². The Morgan fingerprint density at radius 2 is 1.65 bits per heavy atom. The van der Waals surface area contributed by atoms with Crippen LogP contribution in [-0.4, -0.2) is 39.6 Å². The van der Waals surface area contributed by atoms with E-state index in [2.05, 4.69) is 5.32 Å². The van der Waals surface area contributed by atoms with Gasteiger partial charge in [-0.05, 0) is 31.4 Å². The molecular weight excluding hydrogens is 408 g/mol. The van der Waals surface area contributed by atoms with Gasteiger partial charge in [-0.1, -0.05) is 30.3 Å². The first-order chi connectivity index (χ1) is 14.6. The Hall–Kier alpha value is -3.57. The van der Waals surface area contributed by atoms with Crippen molar-refractivity contribution in [3.05, 3.63) is 73.8 Å². The maximum absolute atomic E-state index is 12.6. The van der Waals surface area contributed by atoms with E-state index in [4.69, 9.17) is 9.57 Å². The van der Waals surface area contributed by atoms with Crippen LogP contribution in [0.1, 0.15) is 25.0 Å². The first-order valence-corrected chi connectivity index (χ1v) is 9.42. The van der Waals surface area contributed by atoms with E-state index < -0.39 is 38.7 Å². The Morgan fingerprint density at radius 1 is 1.06 bits per heavy atom. The zero-order valence-corrected chi connectivity index (χ0v) is 17.2. The van der Waals surface area contributed by atoms with Crippen molar-refractivity contribution in [2.75, 3.05) is 7.11 Å². The summed E-state index contributed by atoms with van der Waals surface area (Å²) in [6.07, 6.45) is 0.00275. The third-order valence-electron chi connectivity index (χ3n) is 4.88. The van der Waals surface area contributed by atoms with E-state index in [0.29, 0.717) is 5.56 Å². The minimum atomic E-state index is -0.799. The summed E-state index contributed by atoms with van der Waals surface area (Å²) >= 11 is 0. The molecule has 11 nitrogen and oxygen atoms in total. The van der Waals surface area contributed by atoms with Gasteiger partial charge < -0.3 is 4.74 Å². The van der Waals surface area contributed by atoms with Gasteiger partial charge in [0.25, 0.3) is 11.7 Å². The van der Waals surface area contributed by atoms with E-state index >= 15 is 0 Å². The van der Waals surface area contributed by atoms with Crippen molar-refractivity contribution in [2.24, 2.45) is 0 Å². The molecule has 2 aromatic carbocycles. The van der Waals surface area contributed by atoms with E-state index in [-0.39, 0.29) is 24.5 Å². The monoisotopic (exact) mass is 430 g/mol. The van der Waals surface area contributed by atoms with Gasteiger partial charge in [0.1, 0.15) is 12.3 Å². The fourth-order valence-corrected chi connectivity index (χ4v) is 3.58. The molecule has 0 radical (unpaired) electrons. The fraction of sp³-hybridized carbons (Fsp3) is 0.350. The first-order valence-electron chi connectivity index (χ1n) is 9.42. The highest BCUT2D eigenvalue weighted by atomic mass is 16.7. The molecule has 1 aliphatic rings. The molecule has 11 heteroatoms. The average Bonchev–Trinajstić information content (AvgIpc) is 2.94. The summed E-state index contributed by atoms with van der Waals surface area (Å²) < 4.78 is 5.50. The number of benzene rings is 2. The highest BCUT2D eigenvalue weighted by Gasteiger charge is 2.45. The first kappa shape index (κ1) is 22.1. The third-order valence-corrected chi connectivity index (χ3v) is 4.88. The number of amides is 1. The predicted molar refractivity (Wildman–Crippen MR) is 109 cm³/mol. The van der Waals surface area contributed by atoms with Crippen LogP contribution in [0.15, 0.2) is 42.5 Å². The number of hydroxylamine groups is 2. The molecule has 0 aromatic heterocycles. The number of hydrogen-bond donors (Lipinski definition) is 1. The van der Waals surface area contributed by atoms with Crippen LogP contribution in [0.25, 0.3) is 0 Å². The molecular formula is C20H22N4O7. The number of carbonyl (C=O) groups excluding carboxylic acids is 1. The maximum atomic E-state index is 12.6. The van der Waals surface area contributed by atoms with Crippen LogP contribution >= 0.6 is 0 Å². The number of ether oxygens (including phenoxy) is 1. The summed E-state index contributed by atoms with van der Waals surface area (Å²) in [6.45, 7) is 3.40. The van der Waals surface area contributed by atoms with Crippen LogP contribution in [0.2, 0.25) is 0 Å². The van der Waals surface area contributed by atoms with Gasteiger partial charge in [0, 0.05) is 12.1 Å². The molecule has 1 atom stereocenters. The maximum Gasteiger partial charge on any atom is 0.318 e. The molecule has 1 fully saturated rings. The topological polar surface area (TPSA) is 137 Å². The summed E-state index contributed by atoms with van der Waals surface area (Å²) in [5.41, 5.74) is -0.905. The number of hydrogen-bond acceptors (Lipinski definition) is 8. The number of nitrogens with one attached hydrogen (secondary N) is 1. The highest BCUT2D eigenvalue weighted by Crippen LogP contribution is 2.39. The Balaban J connectivity index is 1.93. The lowest BCUT2D eigenvalue weighted by molar-refractivity contribution is -0.396. The molecule has 1 heterocycles. The van der Waals surface area contributed by atoms with Crippen molar-refractivity contribution >= 4 is 17.3 Å². The number of nitrogens with zero attached hydrogens (tertiary/aromatic N) is 3. The Morgan fingerprint density at radius 3 is 2.13 bits per heavy atom. The molecule has 2 aromatic rings. The molecule has 0 unspecified atom stereocenters. The van der Waals surface area contributed by atoms with Crippen molar-refractivity contribution in [2.45, 2.75) is 38.6 Å². The molecule has 0 spiro atoms. The van der Waals surface area contributed by atoms with Gasteiger partial charge in [-0.3, -0.25) is 35.2 Å². The molecule has 31 heavy (non-hydrogen) atoms. The highest BCUT2D eigenvalue weighted by molar-refractivity contribution is 5.84. The SMILES string of the molecule is CON1C(=O)[C@H](Cc2cc([N+](=O)[O-])c(OCc3ccccc3)c([N+](=O)[O-])c2)NC1(C)C. The van der Waals surface area contributed by atoms with Crippen LogP contribution < -0.4 is 10.1 Å². The normalized spacial score (nSPS) is 17.6. The van der Waals surface area contributed by atoms with E-state index in [0.717, 1.165) is 5.06 Å². The molecule has 1 amide bonds. The van der Waals surface area contributed by atoms with Crippen molar-refractivity contribution in [1.82, 2.24) is 10.4 Å². The third kappa shape index (κ3) is 4.62. The molecule has 0 bridgehead atoms. The summed E-state index contributed by atoms with van der Waals surface area (Å²) in [5.74, 6) is -0.797. The average molecular weight is 430 g/mol. The summed E-state index contributed by atoms with van der Waals surface area (Å²) in [6, 6.07) is 10.5. The minimum absolute atomic E-state index is 0.00275. The summed E-state index contributed by atoms with van der Waals surface area (Å²) in [5, 5.41) is 27.5. The summed E-state index contributed by atoms with van der Waals surface area (Å²) in [4.78, 5) is 39.5. The van der Waals surface area contributed by atoms with Crippen LogP contribution in [0.4, 0.5) is 11.4 Å². The quantitative estimate of drug-likeness (QED) is 0.498. The lowest BCUT2D eigenvalue weighted by atomic mass is 10.0. The Labute approximate surface area is 177 Å². The molecule has 164 valence electrons. The van der Waals surface area contributed by atoms with Gasteiger partial charge in [-0.2, -0.15) is 0 Å². The molecule has 1 aliphatic heterocycles. The largest absolute Gasteiger partial charge is 0.477 e. The van der Waals surface area contributed by atoms with Crippen LogP contribution in [0.5, 0.6) is 5.75 Å². The van der Waals surface area contributed by atoms with E-state index in [1.165, 1.54) is 19.2 Å². The van der Waals surface area contributed by atoms with E-state index in [1.54, 1.807) is 44.2 Å². The second-order valence-corrected chi connectivity index (χ2v) is 7.53. The smallest absolute Gasteiger partial charge is 0.318 e. The van der Waals surface area contributed by atoms with E-state index in [9.17, 15) is 25.0 Å². The van der Waals surface area contributed by atoms with Crippen LogP contribution in [0.3, 0.4) is 0 Å². The van der Waals surface area contributed by atoms with Crippen LogP contribution in [0, 0.1) is 20.2 Å². The van der Waals surface area contributed by atoms with Gasteiger partial charge in [0.2, 0.25) is 0 Å². The molecule has 0 aliphatic carbocycles. The van der Waals surface area contributed by atoms with Crippen molar-refractivity contribution in [1.29, 1.82) is 0 Å². The number of nitro groups is 2. The number of nitro benzene ring substituents is 2. The van der Waals surface area contributed by atoms with Gasteiger partial charge in [0.05, 0.1) is 23.0 Å². The van der Waals surface area contributed by atoms with Gasteiger partial charge in [-0.25, -0.2) is 5.06 Å². The second-order valence-electron chi connectivity index (χ2n) is 7.53. The Bertz CT molecular complexity index is 975. The molecule has 1 saturated heterocycles. The zero-order chi connectivity index (χ0) is 22.8. The molecule has 1 N–H and O–H groups in total. The van der Waals surface area contributed by atoms with Crippen molar-refractivity contribution in [3.63, 3.8) is 0 Å². The molecule has 3 rings (SSSR count). The lowest BCUT2D eigenvalue weighted by Gasteiger charge is -2.28. The molecule has 0 saturated carbocycles. The van der Waals surface area contributed by atoms with Gasteiger partial charge in [-0.15, -0.1) is 0 Å². The fourth-order valence-electron chi connectivity index (χ4n) is 3.58. The lowest BCUT2D eigenvalue weighted by Crippen LogP contribution is -2.46. The Kier molecular flexibility index (Phi) is 6.18. The standard InChI is InChI=1S/C20H22N4O7/c1-20(2)21-15(19(25)22(20)30-3)9-14-10-16(23(26)27)18(17(11-14)24(28)29)31-12-13-7-5-4-6-8-13/h4-8,10-11,15,21H,9,12H2,1-3H3/t15-/m0/s1. The second kappa shape index (κ2) is 8.66. The van der Waals surface area contributed by atoms with E-state index in [1.807, 2.05) is 0 Å². The minimum Gasteiger partial charge on any atom is -0.477 e. The van der Waals surface area contributed by atoms with Gasteiger partial charge in [0.15, 0.2) is 0 Å². The number of carbonyl (C=O) groups is 1.